The molecule has 5 aromatic rings. The lowest BCUT2D eigenvalue weighted by atomic mass is 10.2. The molecule has 30 heavy (non-hydrogen) atoms. The summed E-state index contributed by atoms with van der Waals surface area (Å²) in [6.45, 7) is 3.82. The van der Waals surface area contributed by atoms with Gasteiger partial charge in [0, 0.05) is 23.2 Å². The number of aromatic nitrogens is 3. The first-order valence-electron chi connectivity index (χ1n) is 9.40. The van der Waals surface area contributed by atoms with Gasteiger partial charge in [0.1, 0.15) is 5.75 Å². The molecule has 3 heterocycles. The lowest BCUT2D eigenvalue weighted by Gasteiger charge is -2.08. The lowest BCUT2D eigenvalue weighted by Crippen LogP contribution is -2.21. The average Bonchev–Trinajstić information content (AvgIpc) is 3.45. The molecule has 3 aromatic heterocycles. The molecule has 0 radical (unpaired) electrons. The van der Waals surface area contributed by atoms with Crippen molar-refractivity contribution in [3.63, 3.8) is 0 Å². The number of benzene rings is 2. The first kappa shape index (κ1) is 18.8. The van der Waals surface area contributed by atoms with Crippen molar-refractivity contribution < 1.29 is 9.53 Å². The van der Waals surface area contributed by atoms with Crippen molar-refractivity contribution in [3.8, 4) is 11.4 Å². The minimum Gasteiger partial charge on any atom is -0.483 e. The van der Waals surface area contributed by atoms with E-state index in [4.69, 9.17) is 4.74 Å². The summed E-state index contributed by atoms with van der Waals surface area (Å²) in [5, 5.41) is 11.3. The van der Waals surface area contributed by atoms with Crippen LogP contribution < -0.4 is 10.1 Å². The molecule has 0 saturated heterocycles. The van der Waals surface area contributed by atoms with Crippen LogP contribution >= 0.6 is 22.7 Å². The third-order valence-electron chi connectivity index (χ3n) is 4.70. The number of nitrogens with zero attached hydrogens (tertiary/aromatic N) is 3. The van der Waals surface area contributed by atoms with Gasteiger partial charge in [0.2, 0.25) is 0 Å². The van der Waals surface area contributed by atoms with Gasteiger partial charge in [0.05, 0.1) is 25.6 Å². The smallest absolute Gasteiger partial charge is 0.263 e. The van der Waals surface area contributed by atoms with Gasteiger partial charge in [-0.15, -0.1) is 27.8 Å². The van der Waals surface area contributed by atoms with Crippen molar-refractivity contribution in [1.82, 2.24) is 14.8 Å². The molecular formula is C22H18N4O2S2. The van der Waals surface area contributed by atoms with Crippen molar-refractivity contribution >= 4 is 54.7 Å². The highest BCUT2D eigenvalue weighted by Gasteiger charge is 2.15. The molecular weight excluding hydrogens is 416 g/mol. The number of para-hydroxylation sites is 1. The fourth-order valence-corrected chi connectivity index (χ4v) is 5.15. The van der Waals surface area contributed by atoms with E-state index in [0.717, 1.165) is 36.6 Å². The Labute approximate surface area is 180 Å². The van der Waals surface area contributed by atoms with E-state index in [-0.39, 0.29) is 12.5 Å². The molecule has 5 rings (SSSR count). The van der Waals surface area contributed by atoms with Gasteiger partial charge >= 0.3 is 0 Å². The van der Waals surface area contributed by atoms with Crippen LogP contribution in [0.1, 0.15) is 10.6 Å². The molecule has 1 N–H and O–H groups in total. The molecule has 0 aliphatic carbocycles. The fraction of sp³-hybridized carbons (Fsp3) is 0.136. The number of anilines is 1. The van der Waals surface area contributed by atoms with Crippen molar-refractivity contribution in [1.29, 1.82) is 0 Å². The molecule has 0 unspecified atom stereocenters. The van der Waals surface area contributed by atoms with Gasteiger partial charge in [-0.3, -0.25) is 4.79 Å². The van der Waals surface area contributed by atoms with Crippen LogP contribution in [0.5, 0.6) is 5.75 Å². The van der Waals surface area contributed by atoms with E-state index in [9.17, 15) is 4.79 Å². The number of hydrogen-bond donors (Lipinski definition) is 1. The molecule has 6 nitrogen and oxygen atoms in total. The van der Waals surface area contributed by atoms with E-state index in [1.165, 1.54) is 0 Å². The number of carbonyl (C=O) groups is 1. The zero-order valence-electron chi connectivity index (χ0n) is 16.4. The van der Waals surface area contributed by atoms with Crippen molar-refractivity contribution in [3.05, 3.63) is 64.6 Å². The first-order chi connectivity index (χ1) is 14.6. The van der Waals surface area contributed by atoms with Crippen molar-refractivity contribution in [2.24, 2.45) is 0 Å². The minimum atomic E-state index is -0.250. The maximum Gasteiger partial charge on any atom is 0.263 e. The number of amides is 1. The molecule has 8 heteroatoms. The number of fused-ring (bicyclic) bond motifs is 3. The van der Waals surface area contributed by atoms with E-state index in [2.05, 4.69) is 15.4 Å². The standard InChI is InChI=1S/C22H18N4O2S2/c1-13-11-26(15-6-4-3-5-7-15)25-22(13)24-19(27)12-28-17-10-18-20(23-14(2)30-18)21-16(17)8-9-29-21/h3-11H,12H2,1-2H3,(H,24,25,27). The van der Waals surface area contributed by atoms with Crippen molar-refractivity contribution in [2.75, 3.05) is 11.9 Å². The minimum absolute atomic E-state index is 0.0914. The van der Waals surface area contributed by atoms with Gasteiger partial charge in [0.25, 0.3) is 5.91 Å². The van der Waals surface area contributed by atoms with Crippen LogP contribution in [0.2, 0.25) is 0 Å². The van der Waals surface area contributed by atoms with Crippen LogP contribution in [0.3, 0.4) is 0 Å². The van der Waals surface area contributed by atoms with Gasteiger partial charge in [-0.05, 0) is 37.4 Å². The Bertz CT molecular complexity index is 1370. The largest absolute Gasteiger partial charge is 0.483 e. The van der Waals surface area contributed by atoms with Gasteiger partial charge in [-0.1, -0.05) is 18.2 Å². The number of nitrogens with one attached hydrogen (secondary N) is 1. The van der Waals surface area contributed by atoms with E-state index in [0.29, 0.717) is 11.6 Å². The highest BCUT2D eigenvalue weighted by Crippen LogP contribution is 2.38. The number of carbonyl (C=O) groups excluding carboxylic acids is 1. The maximum absolute atomic E-state index is 12.5. The molecule has 0 spiro atoms. The maximum atomic E-state index is 12.5. The monoisotopic (exact) mass is 434 g/mol. The second-order valence-corrected chi connectivity index (χ2v) is 9.05. The molecule has 150 valence electrons. The second kappa shape index (κ2) is 7.55. The Hall–Kier alpha value is -3.23. The predicted molar refractivity (Wildman–Crippen MR) is 122 cm³/mol. The van der Waals surface area contributed by atoms with Crippen molar-refractivity contribution in [2.45, 2.75) is 13.8 Å². The zero-order valence-corrected chi connectivity index (χ0v) is 18.0. The molecule has 0 fully saturated rings. The van der Waals surface area contributed by atoms with E-state index < -0.39 is 0 Å². The average molecular weight is 435 g/mol. The van der Waals surface area contributed by atoms with Gasteiger partial charge in [0.15, 0.2) is 12.4 Å². The number of hydrogen-bond acceptors (Lipinski definition) is 6. The summed E-state index contributed by atoms with van der Waals surface area (Å²) in [6.07, 6.45) is 1.89. The topological polar surface area (TPSA) is 69.0 Å². The molecule has 0 atom stereocenters. The van der Waals surface area contributed by atoms with Crippen LogP contribution in [-0.4, -0.2) is 27.3 Å². The number of rotatable bonds is 5. The normalized spacial score (nSPS) is 11.3. The van der Waals surface area contributed by atoms with Crippen LogP contribution in [0.15, 0.2) is 54.0 Å². The van der Waals surface area contributed by atoms with E-state index in [1.807, 2.05) is 67.9 Å². The van der Waals surface area contributed by atoms with E-state index >= 15 is 0 Å². The summed E-state index contributed by atoms with van der Waals surface area (Å²) < 4.78 is 9.80. The summed E-state index contributed by atoms with van der Waals surface area (Å²) in [7, 11) is 0. The highest BCUT2D eigenvalue weighted by atomic mass is 32.1. The van der Waals surface area contributed by atoms with Gasteiger partial charge in [-0.25, -0.2) is 9.67 Å². The summed E-state index contributed by atoms with van der Waals surface area (Å²) >= 11 is 3.26. The lowest BCUT2D eigenvalue weighted by molar-refractivity contribution is -0.118. The number of ether oxygens (including phenoxy) is 1. The molecule has 0 aliphatic heterocycles. The molecule has 2 aromatic carbocycles. The SMILES string of the molecule is Cc1nc2c(cc(OCC(=O)Nc3nn(-c4ccccc4)cc3C)c3ccsc32)s1. The Morgan fingerprint density at radius 2 is 2.03 bits per heavy atom. The molecule has 1 amide bonds. The first-order valence-corrected chi connectivity index (χ1v) is 11.1. The third kappa shape index (κ3) is 3.44. The molecule has 0 saturated carbocycles. The Kier molecular flexibility index (Phi) is 4.72. The van der Waals surface area contributed by atoms with Crippen LogP contribution in [0.4, 0.5) is 5.82 Å². The summed E-state index contributed by atoms with van der Waals surface area (Å²) in [5.41, 5.74) is 2.82. The number of aryl methyl sites for hydroxylation is 2. The number of thiophene rings is 1. The van der Waals surface area contributed by atoms with Gasteiger partial charge in [-0.2, -0.15) is 0 Å². The summed E-state index contributed by atoms with van der Waals surface area (Å²) in [4.78, 5) is 17.2. The van der Waals surface area contributed by atoms with E-state index in [1.54, 1.807) is 27.4 Å². The fourth-order valence-electron chi connectivity index (χ4n) is 3.31. The second-order valence-electron chi connectivity index (χ2n) is 6.90. The molecule has 0 aliphatic rings. The third-order valence-corrected chi connectivity index (χ3v) is 6.54. The Morgan fingerprint density at radius 1 is 1.20 bits per heavy atom. The highest BCUT2D eigenvalue weighted by molar-refractivity contribution is 7.21. The zero-order chi connectivity index (χ0) is 20.7. The quantitative estimate of drug-likeness (QED) is 0.406. The Balaban J connectivity index is 1.33. The predicted octanol–water partition coefficient (Wildman–Crippen LogP) is 5.33. The van der Waals surface area contributed by atoms with Crippen LogP contribution in [0, 0.1) is 13.8 Å². The van der Waals surface area contributed by atoms with Crippen LogP contribution in [0.25, 0.3) is 26.0 Å². The van der Waals surface area contributed by atoms with Crippen LogP contribution in [-0.2, 0) is 4.79 Å². The summed E-state index contributed by atoms with van der Waals surface area (Å²) in [6, 6.07) is 13.8. The summed E-state index contributed by atoms with van der Waals surface area (Å²) in [5.74, 6) is 0.978. The Morgan fingerprint density at radius 3 is 2.87 bits per heavy atom. The van der Waals surface area contributed by atoms with Gasteiger partial charge < -0.3 is 10.1 Å². The number of thiazole rings is 1. The molecule has 0 bridgehead atoms.